The Hall–Kier alpha value is -2.62. The number of nitrogens with zero attached hydrogens (tertiary/aromatic N) is 1. The van der Waals surface area contributed by atoms with E-state index < -0.39 is 10.8 Å². The number of hydrogen-bond acceptors (Lipinski definition) is 6. The summed E-state index contributed by atoms with van der Waals surface area (Å²) in [5.74, 6) is -0.408. The molecule has 0 atom stereocenters. The van der Waals surface area contributed by atoms with Gasteiger partial charge < -0.3 is 4.74 Å². The van der Waals surface area contributed by atoms with Gasteiger partial charge in [0.05, 0.1) is 28.3 Å². The predicted molar refractivity (Wildman–Crippen MR) is 103 cm³/mol. The van der Waals surface area contributed by atoms with Gasteiger partial charge in [0.1, 0.15) is 5.75 Å². The lowest BCUT2D eigenvalue weighted by Crippen LogP contribution is -2.42. The van der Waals surface area contributed by atoms with Gasteiger partial charge in [0, 0.05) is 17.2 Å². The highest BCUT2D eigenvalue weighted by Crippen LogP contribution is 2.32. The fourth-order valence-electron chi connectivity index (χ4n) is 1.93. The first-order chi connectivity index (χ1) is 12.3. The molecular weight excluding hydrogens is 403 g/mol. The van der Waals surface area contributed by atoms with Gasteiger partial charge in [-0.3, -0.25) is 31.1 Å². The van der Waals surface area contributed by atoms with Crippen molar-refractivity contribution in [2.75, 3.05) is 12.5 Å². The Morgan fingerprint density at radius 1 is 1.23 bits per heavy atom. The highest BCUT2D eigenvalue weighted by atomic mass is 35.5. The molecule has 11 heteroatoms. The normalized spacial score (nSPS) is 9.96. The highest BCUT2D eigenvalue weighted by Gasteiger charge is 2.17. The van der Waals surface area contributed by atoms with Gasteiger partial charge in [-0.05, 0) is 36.5 Å². The average Bonchev–Trinajstić information content (AvgIpc) is 2.59. The number of amides is 1. The SMILES string of the molecule is COc1c(Cl)cc(Cl)cc1C(=O)NC(=S)NNc1ccc([N+](=O)[O-])cc1. The van der Waals surface area contributed by atoms with E-state index in [1.54, 1.807) is 0 Å². The zero-order valence-electron chi connectivity index (χ0n) is 13.2. The number of nitrogens with one attached hydrogen (secondary N) is 3. The minimum Gasteiger partial charge on any atom is -0.494 e. The molecule has 0 aliphatic heterocycles. The molecule has 2 rings (SSSR count). The second-order valence-corrected chi connectivity index (χ2v) is 6.06. The van der Waals surface area contributed by atoms with Gasteiger partial charge in [-0.25, -0.2) is 0 Å². The molecule has 0 radical (unpaired) electrons. The molecule has 0 heterocycles. The summed E-state index contributed by atoms with van der Waals surface area (Å²) in [6.07, 6.45) is 0. The first-order valence-corrected chi connectivity index (χ1v) is 8.13. The van der Waals surface area contributed by atoms with E-state index in [9.17, 15) is 14.9 Å². The van der Waals surface area contributed by atoms with Crippen LogP contribution >= 0.6 is 35.4 Å². The predicted octanol–water partition coefficient (Wildman–Crippen LogP) is 3.54. The first kappa shape index (κ1) is 19.7. The number of methoxy groups -OCH3 is 1. The number of halogens is 2. The van der Waals surface area contributed by atoms with Crippen molar-refractivity contribution in [1.29, 1.82) is 0 Å². The largest absolute Gasteiger partial charge is 0.494 e. The molecule has 2 aromatic carbocycles. The van der Waals surface area contributed by atoms with Gasteiger partial charge in [0.15, 0.2) is 5.11 Å². The molecular formula is C15H12Cl2N4O4S. The number of ether oxygens (including phenoxy) is 1. The minimum atomic E-state index is -0.575. The Bertz CT molecular complexity index is 861. The van der Waals surface area contributed by atoms with Crippen molar-refractivity contribution in [1.82, 2.24) is 10.7 Å². The zero-order valence-corrected chi connectivity index (χ0v) is 15.5. The molecule has 0 spiro atoms. The molecule has 8 nitrogen and oxygen atoms in total. The standard InChI is InChI=1S/C15H12Cl2N4O4S/c1-25-13-11(6-8(16)7-12(13)17)14(22)18-15(26)20-19-9-2-4-10(5-3-9)21(23)24/h2-7,19H,1H3,(H2,18,20,22,26). The van der Waals surface area contributed by atoms with Crippen LogP contribution in [0.25, 0.3) is 0 Å². The number of rotatable bonds is 5. The second-order valence-electron chi connectivity index (χ2n) is 4.81. The Kier molecular flexibility index (Phi) is 6.56. The maximum Gasteiger partial charge on any atom is 0.269 e. The van der Waals surface area contributed by atoms with Crippen LogP contribution < -0.4 is 20.9 Å². The Balaban J connectivity index is 1.99. The van der Waals surface area contributed by atoms with Crippen molar-refractivity contribution in [3.05, 3.63) is 62.1 Å². The number of anilines is 1. The lowest BCUT2D eigenvalue weighted by atomic mass is 10.2. The van der Waals surface area contributed by atoms with E-state index in [4.69, 9.17) is 40.2 Å². The van der Waals surface area contributed by atoms with Crippen molar-refractivity contribution >= 4 is 57.8 Å². The quantitative estimate of drug-likeness (QED) is 0.390. The van der Waals surface area contributed by atoms with Gasteiger partial charge in [-0.1, -0.05) is 23.2 Å². The summed E-state index contributed by atoms with van der Waals surface area (Å²) in [6, 6.07) is 8.46. The molecule has 136 valence electrons. The number of carbonyl (C=O) groups excluding carboxylic acids is 1. The summed E-state index contributed by atoms with van der Waals surface area (Å²) < 4.78 is 5.11. The molecule has 3 N–H and O–H groups in total. The molecule has 0 aliphatic rings. The Morgan fingerprint density at radius 3 is 2.46 bits per heavy atom. The first-order valence-electron chi connectivity index (χ1n) is 6.96. The monoisotopic (exact) mass is 414 g/mol. The smallest absolute Gasteiger partial charge is 0.269 e. The molecule has 2 aromatic rings. The topological polar surface area (TPSA) is 106 Å². The minimum absolute atomic E-state index is 0.0356. The fourth-order valence-corrected chi connectivity index (χ4v) is 2.65. The molecule has 0 fully saturated rings. The summed E-state index contributed by atoms with van der Waals surface area (Å²) in [5, 5.41) is 13.5. The van der Waals surface area contributed by atoms with E-state index in [2.05, 4.69) is 16.2 Å². The molecule has 0 aromatic heterocycles. The Labute approximate surface area is 163 Å². The number of carbonyl (C=O) groups is 1. The van der Waals surface area contributed by atoms with Crippen LogP contribution in [0.2, 0.25) is 10.0 Å². The van der Waals surface area contributed by atoms with Gasteiger partial charge in [0.25, 0.3) is 11.6 Å². The number of hydrazine groups is 1. The lowest BCUT2D eigenvalue weighted by molar-refractivity contribution is -0.384. The van der Waals surface area contributed by atoms with Gasteiger partial charge in [-0.2, -0.15) is 0 Å². The van der Waals surface area contributed by atoms with Crippen LogP contribution in [0.15, 0.2) is 36.4 Å². The number of non-ortho nitro benzene ring substituents is 1. The maximum atomic E-state index is 12.3. The number of benzene rings is 2. The van der Waals surface area contributed by atoms with Crippen LogP contribution in [0, 0.1) is 10.1 Å². The van der Waals surface area contributed by atoms with E-state index in [0.717, 1.165) is 0 Å². The molecule has 0 saturated carbocycles. The number of hydrogen-bond donors (Lipinski definition) is 3. The van der Waals surface area contributed by atoms with Gasteiger partial charge in [-0.15, -0.1) is 0 Å². The van der Waals surface area contributed by atoms with Crippen molar-refractivity contribution in [3.8, 4) is 5.75 Å². The van der Waals surface area contributed by atoms with E-state index in [0.29, 0.717) is 5.69 Å². The van der Waals surface area contributed by atoms with E-state index >= 15 is 0 Å². The van der Waals surface area contributed by atoms with Crippen LogP contribution in [0.3, 0.4) is 0 Å². The molecule has 0 saturated heterocycles. The van der Waals surface area contributed by atoms with Crippen molar-refractivity contribution in [2.24, 2.45) is 0 Å². The van der Waals surface area contributed by atoms with Crippen LogP contribution in [-0.2, 0) is 0 Å². The summed E-state index contributed by atoms with van der Waals surface area (Å²) in [5.41, 5.74) is 5.87. The van der Waals surface area contributed by atoms with Crippen LogP contribution in [0.5, 0.6) is 5.75 Å². The zero-order chi connectivity index (χ0) is 19.3. The van der Waals surface area contributed by atoms with E-state index in [1.165, 1.54) is 43.5 Å². The van der Waals surface area contributed by atoms with Crippen LogP contribution in [0.1, 0.15) is 10.4 Å². The maximum absolute atomic E-state index is 12.3. The van der Waals surface area contributed by atoms with E-state index in [1.807, 2.05) is 0 Å². The number of nitro benzene ring substituents is 1. The molecule has 1 amide bonds. The van der Waals surface area contributed by atoms with Gasteiger partial charge >= 0.3 is 0 Å². The highest BCUT2D eigenvalue weighted by molar-refractivity contribution is 7.80. The van der Waals surface area contributed by atoms with Crippen molar-refractivity contribution in [3.63, 3.8) is 0 Å². The third-order valence-electron chi connectivity index (χ3n) is 3.08. The lowest BCUT2D eigenvalue weighted by Gasteiger charge is -2.14. The molecule has 0 aliphatic carbocycles. The van der Waals surface area contributed by atoms with E-state index in [-0.39, 0.29) is 32.2 Å². The fraction of sp³-hybridized carbons (Fsp3) is 0.0667. The second kappa shape index (κ2) is 8.65. The Morgan fingerprint density at radius 2 is 1.88 bits per heavy atom. The summed E-state index contributed by atoms with van der Waals surface area (Å²) in [7, 11) is 1.37. The third kappa shape index (κ3) is 4.94. The number of nitro groups is 1. The van der Waals surface area contributed by atoms with Crippen molar-refractivity contribution in [2.45, 2.75) is 0 Å². The van der Waals surface area contributed by atoms with Crippen molar-refractivity contribution < 1.29 is 14.5 Å². The summed E-state index contributed by atoms with van der Waals surface area (Å²) in [4.78, 5) is 22.4. The summed E-state index contributed by atoms with van der Waals surface area (Å²) in [6.45, 7) is 0. The summed E-state index contributed by atoms with van der Waals surface area (Å²) >= 11 is 16.9. The van der Waals surface area contributed by atoms with Gasteiger partial charge in [0.2, 0.25) is 0 Å². The van der Waals surface area contributed by atoms with Crippen LogP contribution in [-0.4, -0.2) is 23.1 Å². The molecule has 0 unspecified atom stereocenters. The third-order valence-corrected chi connectivity index (χ3v) is 3.79. The molecule has 26 heavy (non-hydrogen) atoms. The van der Waals surface area contributed by atoms with Crippen LogP contribution in [0.4, 0.5) is 11.4 Å². The molecule has 0 bridgehead atoms. The number of thiocarbonyl (C=S) groups is 1. The average molecular weight is 415 g/mol.